The third-order valence-corrected chi connectivity index (χ3v) is 4.11. The van der Waals surface area contributed by atoms with Gasteiger partial charge >= 0.3 is 0 Å². The van der Waals surface area contributed by atoms with Gasteiger partial charge in [-0.25, -0.2) is 0 Å². The Morgan fingerprint density at radius 3 is 1.83 bits per heavy atom. The summed E-state index contributed by atoms with van der Waals surface area (Å²) >= 11 is 5.22. The summed E-state index contributed by atoms with van der Waals surface area (Å²) in [5.74, 6) is 0. The molecule has 0 unspecified atom stereocenters. The van der Waals surface area contributed by atoms with Gasteiger partial charge in [-0.1, -0.05) is 64.5 Å². The van der Waals surface area contributed by atoms with Gasteiger partial charge in [0, 0.05) is 10.2 Å². The predicted molar refractivity (Wildman–Crippen MR) is 86.2 cm³/mol. The first-order valence-corrected chi connectivity index (χ1v) is 8.13. The van der Waals surface area contributed by atoms with Crippen LogP contribution in [-0.4, -0.2) is 6.26 Å². The molecule has 18 heavy (non-hydrogen) atoms. The molecule has 0 aliphatic rings. The van der Waals surface area contributed by atoms with E-state index in [1.807, 2.05) is 0 Å². The van der Waals surface area contributed by atoms with Crippen LogP contribution >= 0.6 is 27.7 Å². The van der Waals surface area contributed by atoms with E-state index >= 15 is 0 Å². The molecule has 2 aromatic rings. The normalized spacial score (nSPS) is 11.0. The number of halogens is 1. The lowest BCUT2D eigenvalue weighted by atomic mass is 10.1. The molecule has 0 saturated carbocycles. The van der Waals surface area contributed by atoms with Crippen molar-refractivity contribution >= 4 is 39.8 Å². The van der Waals surface area contributed by atoms with E-state index in [-0.39, 0.29) is 0 Å². The second-order valence-corrected chi connectivity index (χ2v) is 5.42. The summed E-state index contributed by atoms with van der Waals surface area (Å²) in [4.78, 5) is 1.30. The molecule has 0 fully saturated rings. The molecule has 0 N–H and O–H groups in total. The highest BCUT2D eigenvalue weighted by atomic mass is 79.9. The van der Waals surface area contributed by atoms with Gasteiger partial charge in [-0.2, -0.15) is 0 Å². The van der Waals surface area contributed by atoms with E-state index in [4.69, 9.17) is 0 Å². The smallest absolute Gasteiger partial charge is 0.0283 e. The van der Waals surface area contributed by atoms with Gasteiger partial charge in [0.15, 0.2) is 0 Å². The molecular weight excluding hydrogens is 304 g/mol. The molecule has 0 nitrogen and oxygen atoms in total. The SMILES string of the molecule is CSc1ccc(/C=C/c2ccc(CBr)cc2)cc1. The van der Waals surface area contributed by atoms with E-state index in [0.717, 1.165) is 5.33 Å². The zero-order chi connectivity index (χ0) is 12.8. The highest BCUT2D eigenvalue weighted by Crippen LogP contribution is 2.16. The molecule has 0 atom stereocenters. The number of thioether (sulfide) groups is 1. The van der Waals surface area contributed by atoms with Crippen LogP contribution in [0, 0.1) is 0 Å². The number of benzene rings is 2. The molecule has 0 bridgehead atoms. The van der Waals surface area contributed by atoms with Crippen LogP contribution in [0.15, 0.2) is 53.4 Å². The van der Waals surface area contributed by atoms with Crippen molar-refractivity contribution in [2.24, 2.45) is 0 Å². The number of hydrogen-bond acceptors (Lipinski definition) is 1. The van der Waals surface area contributed by atoms with Gasteiger partial charge in [0.05, 0.1) is 0 Å². The van der Waals surface area contributed by atoms with Crippen molar-refractivity contribution in [3.05, 3.63) is 65.2 Å². The Morgan fingerprint density at radius 2 is 1.39 bits per heavy atom. The first kappa shape index (κ1) is 13.4. The minimum absolute atomic E-state index is 0.910. The Morgan fingerprint density at radius 1 is 0.889 bits per heavy atom. The minimum atomic E-state index is 0.910. The van der Waals surface area contributed by atoms with Gasteiger partial charge in [0.2, 0.25) is 0 Å². The zero-order valence-electron chi connectivity index (χ0n) is 10.3. The average molecular weight is 319 g/mol. The van der Waals surface area contributed by atoms with Crippen LogP contribution in [0.4, 0.5) is 0 Å². The standard InChI is InChI=1S/C16H15BrS/c1-18-16-10-8-14(9-11-16)3-2-13-4-6-15(12-17)7-5-13/h2-11H,12H2,1H3/b3-2+. The van der Waals surface area contributed by atoms with Crippen LogP contribution in [-0.2, 0) is 5.33 Å². The molecule has 0 spiro atoms. The van der Waals surface area contributed by atoms with Crippen LogP contribution in [0.5, 0.6) is 0 Å². The number of alkyl halides is 1. The van der Waals surface area contributed by atoms with Gasteiger partial charge < -0.3 is 0 Å². The summed E-state index contributed by atoms with van der Waals surface area (Å²) in [6.07, 6.45) is 6.38. The third kappa shape index (κ3) is 3.76. The van der Waals surface area contributed by atoms with Gasteiger partial charge in [-0.05, 0) is 35.1 Å². The molecule has 2 heteroatoms. The molecule has 0 aliphatic carbocycles. The predicted octanol–water partition coefficient (Wildman–Crippen LogP) is 5.47. The van der Waals surface area contributed by atoms with Crippen molar-refractivity contribution in [1.29, 1.82) is 0 Å². The highest BCUT2D eigenvalue weighted by Gasteiger charge is 1.92. The van der Waals surface area contributed by atoms with E-state index in [0.29, 0.717) is 0 Å². The van der Waals surface area contributed by atoms with Crippen LogP contribution in [0.2, 0.25) is 0 Å². The van der Waals surface area contributed by atoms with Crippen molar-refractivity contribution in [2.75, 3.05) is 6.26 Å². The van der Waals surface area contributed by atoms with Crippen molar-refractivity contribution < 1.29 is 0 Å². The third-order valence-electron chi connectivity index (χ3n) is 2.72. The van der Waals surface area contributed by atoms with Crippen LogP contribution in [0.1, 0.15) is 16.7 Å². The van der Waals surface area contributed by atoms with E-state index < -0.39 is 0 Å². The Labute approximate surface area is 121 Å². The lowest BCUT2D eigenvalue weighted by molar-refractivity contribution is 1.43. The molecule has 0 heterocycles. The maximum Gasteiger partial charge on any atom is 0.0283 e. The van der Waals surface area contributed by atoms with Crippen LogP contribution in [0.3, 0.4) is 0 Å². The Bertz CT molecular complexity index is 462. The van der Waals surface area contributed by atoms with Gasteiger partial charge in [-0.3, -0.25) is 0 Å². The van der Waals surface area contributed by atoms with Crippen LogP contribution in [0.25, 0.3) is 12.2 Å². The van der Waals surface area contributed by atoms with E-state index in [1.165, 1.54) is 21.6 Å². The van der Waals surface area contributed by atoms with Crippen molar-refractivity contribution in [2.45, 2.75) is 10.2 Å². The number of hydrogen-bond donors (Lipinski definition) is 0. The molecule has 0 amide bonds. The molecule has 0 aliphatic heterocycles. The molecule has 0 saturated heterocycles. The van der Waals surface area contributed by atoms with E-state index in [9.17, 15) is 0 Å². The van der Waals surface area contributed by atoms with Gasteiger partial charge in [-0.15, -0.1) is 11.8 Å². The fraction of sp³-hybridized carbons (Fsp3) is 0.125. The summed E-state index contributed by atoms with van der Waals surface area (Å²) < 4.78 is 0. The molecule has 0 radical (unpaired) electrons. The molecule has 0 aromatic heterocycles. The second-order valence-electron chi connectivity index (χ2n) is 3.98. The highest BCUT2D eigenvalue weighted by molar-refractivity contribution is 9.08. The second kappa shape index (κ2) is 6.81. The first-order chi connectivity index (χ1) is 8.81. The maximum absolute atomic E-state index is 3.45. The van der Waals surface area contributed by atoms with E-state index in [2.05, 4.69) is 82.9 Å². The van der Waals surface area contributed by atoms with E-state index in [1.54, 1.807) is 11.8 Å². The Hall–Kier alpha value is -0.990. The van der Waals surface area contributed by atoms with Gasteiger partial charge in [0.1, 0.15) is 0 Å². The Kier molecular flexibility index (Phi) is 5.09. The average Bonchev–Trinajstić information content (AvgIpc) is 2.46. The summed E-state index contributed by atoms with van der Waals surface area (Å²) in [6.45, 7) is 0. The maximum atomic E-state index is 3.45. The molecule has 92 valence electrons. The lowest BCUT2D eigenvalue weighted by Crippen LogP contribution is -1.77. The molecule has 2 aromatic carbocycles. The molecule has 2 rings (SSSR count). The fourth-order valence-corrected chi connectivity index (χ4v) is 2.41. The first-order valence-electron chi connectivity index (χ1n) is 5.79. The topological polar surface area (TPSA) is 0 Å². The zero-order valence-corrected chi connectivity index (χ0v) is 12.7. The fourth-order valence-electron chi connectivity index (χ4n) is 1.63. The summed E-state index contributed by atoms with van der Waals surface area (Å²) in [7, 11) is 0. The summed E-state index contributed by atoms with van der Waals surface area (Å²) in [5, 5.41) is 0.910. The quantitative estimate of drug-likeness (QED) is 0.409. The van der Waals surface area contributed by atoms with Gasteiger partial charge in [0.25, 0.3) is 0 Å². The summed E-state index contributed by atoms with van der Waals surface area (Å²) in [5.41, 5.74) is 3.77. The monoisotopic (exact) mass is 318 g/mol. The van der Waals surface area contributed by atoms with Crippen molar-refractivity contribution in [1.82, 2.24) is 0 Å². The van der Waals surface area contributed by atoms with Crippen molar-refractivity contribution in [3.63, 3.8) is 0 Å². The molecular formula is C16H15BrS. The largest absolute Gasteiger partial charge is 0.130 e. The summed E-state index contributed by atoms with van der Waals surface area (Å²) in [6, 6.07) is 17.2. The van der Waals surface area contributed by atoms with Crippen LogP contribution < -0.4 is 0 Å². The van der Waals surface area contributed by atoms with Crippen molar-refractivity contribution in [3.8, 4) is 0 Å². The lowest BCUT2D eigenvalue weighted by Gasteiger charge is -1.98. The number of rotatable bonds is 4. The minimum Gasteiger partial charge on any atom is -0.130 e. The Balaban J connectivity index is 2.08.